The first-order chi connectivity index (χ1) is 10.3. The van der Waals surface area contributed by atoms with Gasteiger partial charge in [0.15, 0.2) is 0 Å². The summed E-state index contributed by atoms with van der Waals surface area (Å²) in [5, 5.41) is 7.00. The molecule has 3 rings (SSSR count). The van der Waals surface area contributed by atoms with Crippen LogP contribution in [0, 0.1) is 5.92 Å². The van der Waals surface area contributed by atoms with Gasteiger partial charge in [0.1, 0.15) is 18.0 Å². The molecule has 2 unspecified atom stereocenters. The quantitative estimate of drug-likeness (QED) is 0.808. The van der Waals surface area contributed by atoms with E-state index >= 15 is 0 Å². The van der Waals surface area contributed by atoms with Gasteiger partial charge in [0.05, 0.1) is 12.1 Å². The van der Waals surface area contributed by atoms with E-state index in [1.807, 2.05) is 0 Å². The number of aromatic nitrogens is 2. The molecule has 1 saturated carbocycles. The van der Waals surface area contributed by atoms with Crippen LogP contribution >= 0.6 is 0 Å². The fourth-order valence-corrected chi connectivity index (χ4v) is 3.17. The van der Waals surface area contributed by atoms with Gasteiger partial charge in [-0.2, -0.15) is 0 Å². The molecule has 0 bridgehead atoms. The minimum atomic E-state index is 0.372. The van der Waals surface area contributed by atoms with Crippen LogP contribution < -0.4 is 10.6 Å². The predicted molar refractivity (Wildman–Crippen MR) is 84.7 cm³/mol. The van der Waals surface area contributed by atoms with Gasteiger partial charge in [0.25, 0.3) is 0 Å². The summed E-state index contributed by atoms with van der Waals surface area (Å²) in [6.45, 7) is 6.04. The lowest BCUT2D eigenvalue weighted by atomic mass is 10.1. The third kappa shape index (κ3) is 3.28. The fraction of sp³-hybridized carbons (Fsp3) is 0.750. The Balaban J connectivity index is 1.78. The van der Waals surface area contributed by atoms with E-state index < -0.39 is 0 Å². The number of rotatable bonds is 7. The third-order valence-electron chi connectivity index (χ3n) is 4.33. The van der Waals surface area contributed by atoms with E-state index in [1.165, 1.54) is 18.4 Å². The SMILES string of the molecule is CCCc1c(NCC)ncnc1NC1CCOC1C1CC1. The Morgan fingerprint density at radius 2 is 2.00 bits per heavy atom. The van der Waals surface area contributed by atoms with Crippen LogP contribution in [0.2, 0.25) is 0 Å². The van der Waals surface area contributed by atoms with Crippen molar-refractivity contribution >= 4 is 11.6 Å². The molecule has 1 aliphatic heterocycles. The van der Waals surface area contributed by atoms with Crippen molar-refractivity contribution in [2.45, 2.75) is 58.1 Å². The molecule has 0 aromatic carbocycles. The molecule has 2 fully saturated rings. The summed E-state index contributed by atoms with van der Waals surface area (Å²) in [4.78, 5) is 8.90. The highest BCUT2D eigenvalue weighted by molar-refractivity contribution is 5.58. The van der Waals surface area contributed by atoms with Crippen molar-refractivity contribution in [3.05, 3.63) is 11.9 Å². The topological polar surface area (TPSA) is 59.1 Å². The Hall–Kier alpha value is -1.36. The summed E-state index contributed by atoms with van der Waals surface area (Å²) in [5.41, 5.74) is 1.21. The molecule has 1 aromatic heterocycles. The van der Waals surface area contributed by atoms with E-state index in [-0.39, 0.29) is 0 Å². The van der Waals surface area contributed by atoms with E-state index in [0.717, 1.165) is 50.0 Å². The molecule has 0 spiro atoms. The summed E-state index contributed by atoms with van der Waals surface area (Å²) >= 11 is 0. The summed E-state index contributed by atoms with van der Waals surface area (Å²) in [6.07, 6.45) is 7.82. The molecule has 2 N–H and O–H groups in total. The van der Waals surface area contributed by atoms with Crippen molar-refractivity contribution in [3.63, 3.8) is 0 Å². The molecule has 0 amide bonds. The number of anilines is 2. The van der Waals surface area contributed by atoms with Crippen LogP contribution in [0.1, 0.15) is 45.1 Å². The average Bonchev–Trinajstić information content (AvgIpc) is 3.23. The lowest BCUT2D eigenvalue weighted by Gasteiger charge is -2.22. The van der Waals surface area contributed by atoms with Crippen molar-refractivity contribution in [2.75, 3.05) is 23.8 Å². The lowest BCUT2D eigenvalue weighted by Crippen LogP contribution is -2.32. The predicted octanol–water partition coefficient (Wildman–Crippen LogP) is 2.84. The molecule has 0 radical (unpaired) electrons. The molecule has 5 heteroatoms. The summed E-state index contributed by atoms with van der Waals surface area (Å²) in [6, 6.07) is 0.400. The zero-order valence-electron chi connectivity index (χ0n) is 13.1. The Morgan fingerprint density at radius 3 is 2.71 bits per heavy atom. The summed E-state index contributed by atoms with van der Waals surface area (Å²) in [7, 11) is 0. The fourth-order valence-electron chi connectivity index (χ4n) is 3.17. The molecule has 5 nitrogen and oxygen atoms in total. The Bertz CT molecular complexity index is 475. The number of ether oxygens (including phenoxy) is 1. The van der Waals surface area contributed by atoms with Gasteiger partial charge in [0, 0.05) is 18.7 Å². The van der Waals surface area contributed by atoms with Gasteiger partial charge in [-0.25, -0.2) is 9.97 Å². The normalized spacial score (nSPS) is 25.0. The Labute approximate surface area is 126 Å². The average molecular weight is 290 g/mol. The highest BCUT2D eigenvalue weighted by Gasteiger charge is 2.40. The van der Waals surface area contributed by atoms with Crippen LogP contribution in [0.15, 0.2) is 6.33 Å². The zero-order chi connectivity index (χ0) is 14.7. The smallest absolute Gasteiger partial charge is 0.135 e. The molecule has 1 aromatic rings. The maximum atomic E-state index is 5.92. The molecular formula is C16H26N4O. The number of nitrogens with zero attached hydrogens (tertiary/aromatic N) is 2. The van der Waals surface area contributed by atoms with Crippen LogP contribution in [0.25, 0.3) is 0 Å². The molecule has 2 aliphatic rings. The van der Waals surface area contributed by atoms with Crippen molar-refractivity contribution in [1.29, 1.82) is 0 Å². The first kappa shape index (κ1) is 14.6. The van der Waals surface area contributed by atoms with Crippen LogP contribution in [0.3, 0.4) is 0 Å². The van der Waals surface area contributed by atoms with Crippen LogP contribution in [-0.2, 0) is 11.2 Å². The lowest BCUT2D eigenvalue weighted by molar-refractivity contribution is 0.0898. The number of hydrogen-bond acceptors (Lipinski definition) is 5. The Kier molecular flexibility index (Phi) is 4.58. The number of hydrogen-bond donors (Lipinski definition) is 2. The van der Waals surface area contributed by atoms with Gasteiger partial charge in [0.2, 0.25) is 0 Å². The van der Waals surface area contributed by atoms with Gasteiger partial charge in [-0.3, -0.25) is 0 Å². The van der Waals surface area contributed by atoms with E-state index in [0.29, 0.717) is 12.1 Å². The monoisotopic (exact) mass is 290 g/mol. The summed E-state index contributed by atoms with van der Waals surface area (Å²) in [5.74, 6) is 2.72. The number of nitrogens with one attached hydrogen (secondary N) is 2. The van der Waals surface area contributed by atoms with E-state index in [4.69, 9.17) is 4.74 Å². The Morgan fingerprint density at radius 1 is 1.19 bits per heavy atom. The van der Waals surface area contributed by atoms with E-state index in [1.54, 1.807) is 6.33 Å². The van der Waals surface area contributed by atoms with Gasteiger partial charge in [-0.1, -0.05) is 13.3 Å². The zero-order valence-corrected chi connectivity index (χ0v) is 13.1. The maximum Gasteiger partial charge on any atom is 0.135 e. The van der Waals surface area contributed by atoms with Crippen molar-refractivity contribution in [3.8, 4) is 0 Å². The maximum absolute atomic E-state index is 5.92. The van der Waals surface area contributed by atoms with E-state index in [2.05, 4.69) is 34.4 Å². The minimum absolute atomic E-state index is 0.372. The van der Waals surface area contributed by atoms with Gasteiger partial charge < -0.3 is 15.4 Å². The minimum Gasteiger partial charge on any atom is -0.376 e. The second-order valence-electron chi connectivity index (χ2n) is 6.04. The van der Waals surface area contributed by atoms with Crippen LogP contribution in [0.4, 0.5) is 11.6 Å². The standard InChI is InChI=1S/C16H26N4O/c1-3-5-12-15(17-4-2)18-10-19-16(12)20-13-8-9-21-14(13)11-6-7-11/h10-11,13-14H,3-9H2,1-2H3,(H2,17,18,19,20). The molecule has 1 saturated heterocycles. The van der Waals surface area contributed by atoms with Crippen molar-refractivity contribution < 1.29 is 4.74 Å². The second-order valence-corrected chi connectivity index (χ2v) is 6.04. The second kappa shape index (κ2) is 6.60. The highest BCUT2D eigenvalue weighted by Crippen LogP contribution is 2.39. The molecule has 2 heterocycles. The first-order valence-electron chi connectivity index (χ1n) is 8.29. The molecule has 2 atom stereocenters. The van der Waals surface area contributed by atoms with Crippen molar-refractivity contribution in [2.24, 2.45) is 5.92 Å². The molecule has 1 aliphatic carbocycles. The highest BCUT2D eigenvalue weighted by atomic mass is 16.5. The van der Waals surface area contributed by atoms with Crippen LogP contribution in [0.5, 0.6) is 0 Å². The third-order valence-corrected chi connectivity index (χ3v) is 4.33. The van der Waals surface area contributed by atoms with Gasteiger partial charge in [-0.05, 0) is 38.5 Å². The van der Waals surface area contributed by atoms with Gasteiger partial charge in [-0.15, -0.1) is 0 Å². The van der Waals surface area contributed by atoms with Gasteiger partial charge >= 0.3 is 0 Å². The molecule has 21 heavy (non-hydrogen) atoms. The van der Waals surface area contributed by atoms with Crippen LogP contribution in [-0.4, -0.2) is 35.3 Å². The molecular weight excluding hydrogens is 264 g/mol. The first-order valence-corrected chi connectivity index (χ1v) is 8.29. The molecule has 116 valence electrons. The summed E-state index contributed by atoms with van der Waals surface area (Å²) < 4.78 is 5.92. The largest absolute Gasteiger partial charge is 0.376 e. The van der Waals surface area contributed by atoms with Crippen molar-refractivity contribution in [1.82, 2.24) is 9.97 Å². The van der Waals surface area contributed by atoms with E-state index in [9.17, 15) is 0 Å².